The molecule has 7 nitrogen and oxygen atoms in total. The first-order chi connectivity index (χ1) is 10.4. The van der Waals surface area contributed by atoms with E-state index in [4.69, 9.17) is 5.11 Å². The molecule has 3 rings (SSSR count). The summed E-state index contributed by atoms with van der Waals surface area (Å²) in [7, 11) is -3.64. The van der Waals surface area contributed by atoms with Gasteiger partial charge in [0.2, 0.25) is 10.0 Å². The fourth-order valence-electron chi connectivity index (χ4n) is 2.51. The van der Waals surface area contributed by atoms with Gasteiger partial charge in [0.15, 0.2) is 5.69 Å². The minimum atomic E-state index is -3.64. The van der Waals surface area contributed by atoms with Gasteiger partial charge in [-0.15, -0.1) is 0 Å². The highest BCUT2D eigenvalue weighted by molar-refractivity contribution is 7.89. The van der Waals surface area contributed by atoms with Crippen molar-refractivity contribution in [1.29, 1.82) is 0 Å². The van der Waals surface area contributed by atoms with Gasteiger partial charge >= 0.3 is 5.97 Å². The largest absolute Gasteiger partial charge is 0.476 e. The van der Waals surface area contributed by atoms with Gasteiger partial charge in [0.25, 0.3) is 0 Å². The van der Waals surface area contributed by atoms with E-state index in [0.717, 1.165) is 5.56 Å². The van der Waals surface area contributed by atoms with Crippen LogP contribution >= 0.6 is 0 Å². The highest BCUT2D eigenvalue weighted by Gasteiger charge is 2.32. The number of sulfonamides is 1. The molecule has 22 heavy (non-hydrogen) atoms. The number of rotatable bonds is 3. The van der Waals surface area contributed by atoms with Crippen LogP contribution < -0.4 is 0 Å². The predicted octanol–water partition coefficient (Wildman–Crippen LogP) is 1.16. The summed E-state index contributed by atoms with van der Waals surface area (Å²) in [5.74, 6) is -1.16. The zero-order valence-electron chi connectivity index (χ0n) is 11.9. The Labute approximate surface area is 127 Å². The summed E-state index contributed by atoms with van der Waals surface area (Å²) in [6, 6.07) is 6.60. The molecule has 0 bridgehead atoms. The minimum absolute atomic E-state index is 0.0175. The first kappa shape index (κ1) is 14.7. The number of carbonyl (C=O) groups is 1. The van der Waals surface area contributed by atoms with Crippen LogP contribution in [0.1, 0.15) is 27.3 Å². The highest BCUT2D eigenvalue weighted by atomic mass is 32.2. The molecule has 0 spiro atoms. The Kier molecular flexibility index (Phi) is 3.50. The van der Waals surface area contributed by atoms with E-state index in [1.165, 1.54) is 4.31 Å². The van der Waals surface area contributed by atoms with E-state index in [0.29, 0.717) is 24.2 Å². The number of aromatic amines is 1. The molecule has 1 aliphatic rings. The summed E-state index contributed by atoms with van der Waals surface area (Å²) in [5.41, 5.74) is 1.99. The maximum Gasteiger partial charge on any atom is 0.356 e. The van der Waals surface area contributed by atoms with Crippen molar-refractivity contribution < 1.29 is 18.3 Å². The van der Waals surface area contributed by atoms with Crippen molar-refractivity contribution in [1.82, 2.24) is 14.5 Å². The number of benzene rings is 1. The molecule has 0 saturated carbocycles. The third-order valence-corrected chi connectivity index (χ3v) is 5.62. The van der Waals surface area contributed by atoms with Crippen molar-refractivity contribution in [2.24, 2.45) is 0 Å². The van der Waals surface area contributed by atoms with Crippen LogP contribution in [-0.4, -0.2) is 40.5 Å². The third-order valence-electron chi connectivity index (χ3n) is 3.76. The van der Waals surface area contributed by atoms with E-state index in [-0.39, 0.29) is 17.1 Å². The van der Waals surface area contributed by atoms with Crippen LogP contribution in [0.2, 0.25) is 0 Å². The minimum Gasteiger partial charge on any atom is -0.476 e. The molecule has 0 atom stereocenters. The first-order valence-corrected chi connectivity index (χ1v) is 8.20. The quantitative estimate of drug-likeness (QED) is 0.883. The molecule has 0 radical (unpaired) electrons. The SMILES string of the molecule is Cc1ccc(S(=O)(=O)N2CCc3[nH]nc(C(=O)O)c3C2)cc1. The van der Waals surface area contributed by atoms with E-state index in [9.17, 15) is 13.2 Å². The molecular weight excluding hydrogens is 306 g/mol. The van der Waals surface area contributed by atoms with Crippen LogP contribution in [0.3, 0.4) is 0 Å². The Hall–Kier alpha value is -2.19. The molecule has 1 aromatic carbocycles. The molecule has 2 heterocycles. The summed E-state index contributed by atoms with van der Waals surface area (Å²) < 4.78 is 26.6. The van der Waals surface area contributed by atoms with Gasteiger partial charge in [0.1, 0.15) is 0 Å². The zero-order valence-corrected chi connectivity index (χ0v) is 12.7. The molecular formula is C14H15N3O4S. The molecule has 116 valence electrons. The molecule has 1 aromatic heterocycles. The number of carboxylic acid groups (broad SMARTS) is 1. The summed E-state index contributed by atoms with van der Waals surface area (Å²) in [6.45, 7) is 2.20. The Morgan fingerprint density at radius 3 is 2.64 bits per heavy atom. The second-order valence-electron chi connectivity index (χ2n) is 5.24. The Balaban J connectivity index is 1.95. The van der Waals surface area contributed by atoms with Crippen molar-refractivity contribution in [2.45, 2.75) is 24.8 Å². The lowest BCUT2D eigenvalue weighted by Gasteiger charge is -2.26. The molecule has 0 fully saturated rings. The number of H-pyrrole nitrogens is 1. The van der Waals surface area contributed by atoms with Gasteiger partial charge in [-0.1, -0.05) is 17.7 Å². The van der Waals surface area contributed by atoms with Crippen LogP contribution in [0, 0.1) is 6.92 Å². The number of carboxylic acids is 1. The Morgan fingerprint density at radius 2 is 2.00 bits per heavy atom. The summed E-state index contributed by atoms with van der Waals surface area (Å²) >= 11 is 0. The van der Waals surface area contributed by atoms with Crippen molar-refractivity contribution in [3.63, 3.8) is 0 Å². The number of aryl methyl sites for hydroxylation is 1. The molecule has 2 N–H and O–H groups in total. The normalized spacial score (nSPS) is 15.5. The van der Waals surface area contributed by atoms with Gasteiger partial charge in [-0.05, 0) is 19.1 Å². The average Bonchev–Trinajstić information content (AvgIpc) is 2.90. The summed E-state index contributed by atoms with van der Waals surface area (Å²) in [6.07, 6.45) is 0.417. The van der Waals surface area contributed by atoms with Gasteiger partial charge in [-0.3, -0.25) is 5.10 Å². The van der Waals surface area contributed by atoms with Crippen molar-refractivity contribution in [3.05, 3.63) is 46.8 Å². The van der Waals surface area contributed by atoms with Crippen LogP contribution in [0.4, 0.5) is 0 Å². The van der Waals surface area contributed by atoms with E-state index in [1.54, 1.807) is 24.3 Å². The molecule has 2 aromatic rings. The number of nitrogens with zero attached hydrogens (tertiary/aromatic N) is 2. The standard InChI is InChI=1S/C14H15N3O4S/c1-9-2-4-10(5-3-9)22(20,21)17-7-6-12-11(8-17)13(14(18)19)16-15-12/h2-5H,6-8H2,1H3,(H,15,16)(H,18,19). The monoisotopic (exact) mass is 321 g/mol. The number of hydrogen-bond donors (Lipinski definition) is 2. The first-order valence-electron chi connectivity index (χ1n) is 6.76. The van der Waals surface area contributed by atoms with Gasteiger partial charge in [-0.25, -0.2) is 13.2 Å². The number of nitrogens with one attached hydrogen (secondary N) is 1. The maximum absolute atomic E-state index is 12.7. The number of aromatic carboxylic acids is 1. The Bertz CT molecular complexity index is 824. The van der Waals surface area contributed by atoms with Crippen molar-refractivity contribution >= 4 is 16.0 Å². The fraction of sp³-hybridized carbons (Fsp3) is 0.286. The zero-order chi connectivity index (χ0) is 15.9. The van der Waals surface area contributed by atoms with E-state index < -0.39 is 16.0 Å². The van der Waals surface area contributed by atoms with Crippen LogP contribution in [0.5, 0.6) is 0 Å². The Morgan fingerprint density at radius 1 is 1.32 bits per heavy atom. The molecule has 0 saturated heterocycles. The number of hydrogen-bond acceptors (Lipinski definition) is 4. The molecule has 8 heteroatoms. The second-order valence-corrected chi connectivity index (χ2v) is 7.17. The van der Waals surface area contributed by atoms with Crippen LogP contribution in [0.15, 0.2) is 29.2 Å². The molecule has 1 aliphatic heterocycles. The van der Waals surface area contributed by atoms with Gasteiger partial charge in [0, 0.05) is 30.8 Å². The molecule has 0 amide bonds. The van der Waals surface area contributed by atoms with Crippen LogP contribution in [0.25, 0.3) is 0 Å². The summed E-state index contributed by atoms with van der Waals surface area (Å²) in [4.78, 5) is 11.4. The lowest BCUT2D eigenvalue weighted by Crippen LogP contribution is -2.36. The summed E-state index contributed by atoms with van der Waals surface area (Å²) in [5, 5.41) is 15.5. The van der Waals surface area contributed by atoms with Gasteiger partial charge < -0.3 is 5.11 Å². The number of aromatic nitrogens is 2. The third kappa shape index (κ3) is 2.40. The van der Waals surface area contributed by atoms with E-state index in [2.05, 4.69) is 10.2 Å². The average molecular weight is 321 g/mol. The van der Waals surface area contributed by atoms with Gasteiger partial charge in [-0.2, -0.15) is 9.40 Å². The van der Waals surface area contributed by atoms with Crippen LogP contribution in [-0.2, 0) is 23.0 Å². The molecule has 0 aliphatic carbocycles. The topological polar surface area (TPSA) is 103 Å². The van der Waals surface area contributed by atoms with Crippen molar-refractivity contribution in [2.75, 3.05) is 6.54 Å². The van der Waals surface area contributed by atoms with Crippen molar-refractivity contribution in [3.8, 4) is 0 Å². The highest BCUT2D eigenvalue weighted by Crippen LogP contribution is 2.26. The smallest absolute Gasteiger partial charge is 0.356 e. The maximum atomic E-state index is 12.7. The predicted molar refractivity (Wildman–Crippen MR) is 78.0 cm³/mol. The van der Waals surface area contributed by atoms with Gasteiger partial charge in [0.05, 0.1) is 4.90 Å². The fourth-order valence-corrected chi connectivity index (χ4v) is 3.92. The lowest BCUT2D eigenvalue weighted by molar-refractivity contribution is 0.0688. The number of fused-ring (bicyclic) bond motifs is 1. The molecule has 0 unspecified atom stereocenters. The van der Waals surface area contributed by atoms with E-state index in [1.807, 2.05) is 6.92 Å². The lowest BCUT2D eigenvalue weighted by atomic mass is 10.1. The second kappa shape index (κ2) is 5.22. The van der Waals surface area contributed by atoms with E-state index >= 15 is 0 Å².